The molecule has 0 amide bonds. The van der Waals surface area contributed by atoms with Gasteiger partial charge in [0.25, 0.3) is 0 Å². The summed E-state index contributed by atoms with van der Waals surface area (Å²) in [6.45, 7) is 5.25. The molecule has 1 aromatic rings. The first-order chi connectivity index (χ1) is 7.36. The number of nitrogens with zero attached hydrogens (tertiary/aromatic N) is 2. The lowest BCUT2D eigenvalue weighted by molar-refractivity contribution is 0.307. The molecule has 15 heavy (non-hydrogen) atoms. The van der Waals surface area contributed by atoms with Gasteiger partial charge < -0.3 is 4.90 Å². The Bertz CT molecular complexity index is 258. The topological polar surface area (TPSA) is 16.1 Å². The van der Waals surface area contributed by atoms with Crippen LogP contribution in [0.25, 0.3) is 0 Å². The Kier molecular flexibility index (Phi) is 5.33. The standard InChI is InChI=1S/C11H16N2.C2H6/c1-13-8-4-6-11(13)9-10-5-2-3-7-12-10;1-2/h2-3,5,7,11H,4,6,8-9H2,1H3;1-2H3. The molecule has 1 aliphatic heterocycles. The highest BCUT2D eigenvalue weighted by Gasteiger charge is 2.20. The van der Waals surface area contributed by atoms with Crippen molar-refractivity contribution < 1.29 is 0 Å². The zero-order chi connectivity index (χ0) is 11.1. The summed E-state index contributed by atoms with van der Waals surface area (Å²) in [5, 5.41) is 0. The summed E-state index contributed by atoms with van der Waals surface area (Å²) in [6, 6.07) is 6.88. The Balaban J connectivity index is 0.000000531. The Hall–Kier alpha value is -0.890. The first-order valence-electron chi connectivity index (χ1n) is 5.96. The van der Waals surface area contributed by atoms with Crippen LogP contribution in [0.3, 0.4) is 0 Å². The number of rotatable bonds is 2. The molecular weight excluding hydrogens is 184 g/mol. The number of hydrogen-bond acceptors (Lipinski definition) is 2. The first kappa shape index (κ1) is 12.2. The molecule has 0 saturated carbocycles. The second-order valence-corrected chi connectivity index (χ2v) is 3.80. The molecule has 2 rings (SSSR count). The molecule has 1 aliphatic rings. The first-order valence-corrected chi connectivity index (χ1v) is 5.96. The van der Waals surface area contributed by atoms with Crippen molar-refractivity contribution in [3.8, 4) is 0 Å². The van der Waals surface area contributed by atoms with Crippen LogP contribution in [-0.4, -0.2) is 29.5 Å². The van der Waals surface area contributed by atoms with E-state index in [4.69, 9.17) is 0 Å². The van der Waals surface area contributed by atoms with Crippen LogP contribution >= 0.6 is 0 Å². The molecule has 0 aliphatic carbocycles. The molecule has 1 atom stereocenters. The summed E-state index contributed by atoms with van der Waals surface area (Å²) in [7, 11) is 2.21. The van der Waals surface area contributed by atoms with E-state index in [1.165, 1.54) is 25.1 Å². The highest BCUT2D eigenvalue weighted by atomic mass is 15.1. The molecule has 0 N–H and O–H groups in total. The van der Waals surface area contributed by atoms with Crippen molar-refractivity contribution in [3.05, 3.63) is 30.1 Å². The summed E-state index contributed by atoms with van der Waals surface area (Å²) in [5.41, 5.74) is 1.22. The van der Waals surface area contributed by atoms with Crippen molar-refractivity contribution in [1.29, 1.82) is 0 Å². The number of hydrogen-bond donors (Lipinski definition) is 0. The Labute approximate surface area is 93.3 Å². The maximum atomic E-state index is 4.35. The minimum absolute atomic E-state index is 0.717. The van der Waals surface area contributed by atoms with E-state index < -0.39 is 0 Å². The van der Waals surface area contributed by atoms with E-state index in [0.29, 0.717) is 0 Å². The minimum Gasteiger partial charge on any atom is -0.303 e. The summed E-state index contributed by atoms with van der Waals surface area (Å²) in [4.78, 5) is 6.79. The molecule has 0 radical (unpaired) electrons. The van der Waals surface area contributed by atoms with Gasteiger partial charge in [0.05, 0.1) is 0 Å². The molecule has 1 aromatic heterocycles. The van der Waals surface area contributed by atoms with E-state index in [2.05, 4.69) is 29.1 Å². The van der Waals surface area contributed by atoms with Gasteiger partial charge in [-0.2, -0.15) is 0 Å². The van der Waals surface area contributed by atoms with Crippen LogP contribution in [0, 0.1) is 0 Å². The van der Waals surface area contributed by atoms with Gasteiger partial charge in [-0.1, -0.05) is 19.9 Å². The second-order valence-electron chi connectivity index (χ2n) is 3.80. The monoisotopic (exact) mass is 206 g/mol. The van der Waals surface area contributed by atoms with Crippen LogP contribution in [0.15, 0.2) is 24.4 Å². The van der Waals surface area contributed by atoms with Gasteiger partial charge in [-0.3, -0.25) is 4.98 Å². The third-order valence-electron chi connectivity index (χ3n) is 2.84. The third-order valence-corrected chi connectivity index (χ3v) is 2.84. The molecule has 2 heteroatoms. The molecule has 0 bridgehead atoms. The van der Waals surface area contributed by atoms with Crippen molar-refractivity contribution in [2.24, 2.45) is 0 Å². The van der Waals surface area contributed by atoms with Crippen LogP contribution in [0.4, 0.5) is 0 Å². The van der Waals surface area contributed by atoms with Crippen LogP contribution < -0.4 is 0 Å². The summed E-state index contributed by atoms with van der Waals surface area (Å²) < 4.78 is 0. The third kappa shape index (κ3) is 3.63. The molecule has 1 unspecified atom stereocenters. The Morgan fingerprint density at radius 1 is 1.40 bits per heavy atom. The van der Waals surface area contributed by atoms with Gasteiger partial charge in [0.2, 0.25) is 0 Å². The number of likely N-dealkylation sites (tertiary alicyclic amines) is 1. The van der Waals surface area contributed by atoms with Crippen molar-refractivity contribution in [2.45, 2.75) is 39.2 Å². The number of aromatic nitrogens is 1. The summed E-state index contributed by atoms with van der Waals surface area (Å²) in [6.07, 6.45) is 5.66. The molecule has 84 valence electrons. The SMILES string of the molecule is CC.CN1CCCC1Cc1ccccn1. The lowest BCUT2D eigenvalue weighted by Gasteiger charge is -2.18. The molecule has 2 heterocycles. The Morgan fingerprint density at radius 3 is 2.73 bits per heavy atom. The lowest BCUT2D eigenvalue weighted by atomic mass is 10.1. The fraction of sp³-hybridized carbons (Fsp3) is 0.615. The fourth-order valence-corrected chi connectivity index (χ4v) is 2.00. The largest absolute Gasteiger partial charge is 0.303 e. The Morgan fingerprint density at radius 2 is 2.20 bits per heavy atom. The zero-order valence-electron chi connectivity index (χ0n) is 10.1. The minimum atomic E-state index is 0.717. The second kappa shape index (κ2) is 6.57. The van der Waals surface area contributed by atoms with Crippen molar-refractivity contribution in [2.75, 3.05) is 13.6 Å². The summed E-state index contributed by atoms with van der Waals surface area (Å²) in [5.74, 6) is 0. The van der Waals surface area contributed by atoms with Crippen molar-refractivity contribution in [3.63, 3.8) is 0 Å². The van der Waals surface area contributed by atoms with Crippen LogP contribution in [0.5, 0.6) is 0 Å². The van der Waals surface area contributed by atoms with E-state index >= 15 is 0 Å². The summed E-state index contributed by atoms with van der Waals surface area (Å²) >= 11 is 0. The van der Waals surface area contributed by atoms with E-state index in [9.17, 15) is 0 Å². The average molecular weight is 206 g/mol. The quantitative estimate of drug-likeness (QED) is 0.739. The smallest absolute Gasteiger partial charge is 0.0419 e. The van der Waals surface area contributed by atoms with Crippen molar-refractivity contribution in [1.82, 2.24) is 9.88 Å². The highest BCUT2D eigenvalue weighted by Crippen LogP contribution is 2.17. The van der Waals surface area contributed by atoms with Crippen LogP contribution in [0.2, 0.25) is 0 Å². The van der Waals surface area contributed by atoms with Gasteiger partial charge in [-0.25, -0.2) is 0 Å². The maximum absolute atomic E-state index is 4.35. The van der Waals surface area contributed by atoms with E-state index in [-0.39, 0.29) is 0 Å². The van der Waals surface area contributed by atoms with Gasteiger partial charge >= 0.3 is 0 Å². The van der Waals surface area contributed by atoms with Gasteiger partial charge in [-0.15, -0.1) is 0 Å². The number of likely N-dealkylation sites (N-methyl/N-ethyl adjacent to an activating group) is 1. The van der Waals surface area contributed by atoms with Gasteiger partial charge in [-0.05, 0) is 38.6 Å². The fourth-order valence-electron chi connectivity index (χ4n) is 2.00. The molecule has 0 aromatic carbocycles. The van der Waals surface area contributed by atoms with Crippen LogP contribution in [-0.2, 0) is 6.42 Å². The highest BCUT2D eigenvalue weighted by molar-refractivity contribution is 5.05. The van der Waals surface area contributed by atoms with E-state index in [0.717, 1.165) is 12.5 Å². The molecule has 2 nitrogen and oxygen atoms in total. The zero-order valence-corrected chi connectivity index (χ0v) is 10.1. The molecule has 1 fully saturated rings. The van der Waals surface area contributed by atoms with Crippen molar-refractivity contribution >= 4 is 0 Å². The predicted molar refractivity (Wildman–Crippen MR) is 64.9 cm³/mol. The molecule has 1 saturated heterocycles. The van der Waals surface area contributed by atoms with Crippen LogP contribution in [0.1, 0.15) is 32.4 Å². The molecule has 0 spiro atoms. The normalized spacial score (nSPS) is 20.9. The van der Waals surface area contributed by atoms with E-state index in [1.807, 2.05) is 26.1 Å². The average Bonchev–Trinajstić information content (AvgIpc) is 2.69. The molecular formula is C13H22N2. The maximum Gasteiger partial charge on any atom is 0.0419 e. The van der Waals surface area contributed by atoms with Gasteiger partial charge in [0.15, 0.2) is 0 Å². The predicted octanol–water partition coefficient (Wildman–Crippen LogP) is 2.74. The number of pyridine rings is 1. The van der Waals surface area contributed by atoms with E-state index in [1.54, 1.807) is 0 Å². The van der Waals surface area contributed by atoms with Gasteiger partial charge in [0.1, 0.15) is 0 Å². The lowest BCUT2D eigenvalue weighted by Crippen LogP contribution is -2.27. The van der Waals surface area contributed by atoms with Gasteiger partial charge in [0, 0.05) is 24.4 Å².